The molecule has 3 aliphatic rings. The molecule has 5 unspecified atom stereocenters. The Morgan fingerprint density at radius 1 is 0.929 bits per heavy atom. The van der Waals surface area contributed by atoms with E-state index in [0.717, 1.165) is 18.3 Å². The molecule has 0 aromatic heterocycles. The van der Waals surface area contributed by atoms with Crippen molar-refractivity contribution in [2.75, 3.05) is 6.54 Å². The summed E-state index contributed by atoms with van der Waals surface area (Å²) in [6.45, 7) is 1.22. The predicted molar refractivity (Wildman–Crippen MR) is 56.0 cm³/mol. The Labute approximate surface area is 86.1 Å². The third-order valence-corrected chi connectivity index (χ3v) is 4.79. The van der Waals surface area contributed by atoms with Crippen LogP contribution in [0, 0.1) is 17.8 Å². The summed E-state index contributed by atoms with van der Waals surface area (Å²) in [6.07, 6.45) is 7.79. The summed E-state index contributed by atoms with van der Waals surface area (Å²) in [6, 6.07) is 0.653. The zero-order valence-corrected chi connectivity index (χ0v) is 8.78. The lowest BCUT2D eigenvalue weighted by Gasteiger charge is -2.27. The second kappa shape index (κ2) is 3.49. The van der Waals surface area contributed by atoms with Crippen LogP contribution in [-0.2, 0) is 0 Å². The Kier molecular flexibility index (Phi) is 2.29. The summed E-state index contributed by atoms with van der Waals surface area (Å²) in [7, 11) is 0. The number of rotatable bonds is 1. The van der Waals surface area contributed by atoms with E-state index in [-0.39, 0.29) is 6.10 Å². The summed E-state index contributed by atoms with van der Waals surface area (Å²) in [5.41, 5.74) is 0. The normalized spacial score (nSPS) is 52.5. The van der Waals surface area contributed by atoms with E-state index in [2.05, 4.69) is 5.32 Å². The number of aliphatic hydroxyl groups is 1. The first kappa shape index (κ1) is 9.17. The number of nitrogens with one attached hydrogen (secondary N) is 1. The Hall–Kier alpha value is -0.0800. The molecule has 80 valence electrons. The highest BCUT2D eigenvalue weighted by molar-refractivity contribution is 5.00. The van der Waals surface area contributed by atoms with Gasteiger partial charge in [-0.1, -0.05) is 12.8 Å². The minimum Gasteiger partial charge on any atom is -0.393 e. The highest BCUT2D eigenvalue weighted by Crippen LogP contribution is 2.43. The van der Waals surface area contributed by atoms with E-state index in [4.69, 9.17) is 0 Å². The molecule has 1 saturated heterocycles. The van der Waals surface area contributed by atoms with Gasteiger partial charge < -0.3 is 10.4 Å². The molecule has 1 aliphatic heterocycles. The number of hydrogen-bond acceptors (Lipinski definition) is 2. The molecule has 2 saturated carbocycles. The first-order valence-corrected chi connectivity index (χ1v) is 6.28. The topological polar surface area (TPSA) is 32.3 Å². The van der Waals surface area contributed by atoms with Crippen LogP contribution in [0.4, 0.5) is 0 Å². The Morgan fingerprint density at radius 3 is 2.50 bits per heavy atom. The molecule has 1 heterocycles. The molecule has 3 rings (SSSR count). The van der Waals surface area contributed by atoms with Crippen LogP contribution in [0.1, 0.15) is 38.5 Å². The van der Waals surface area contributed by atoms with Crippen LogP contribution < -0.4 is 5.32 Å². The summed E-state index contributed by atoms with van der Waals surface area (Å²) < 4.78 is 0. The maximum atomic E-state index is 9.93. The van der Waals surface area contributed by atoms with E-state index in [1.807, 2.05) is 0 Å². The third kappa shape index (κ3) is 1.31. The molecular weight excluding hydrogens is 174 g/mol. The van der Waals surface area contributed by atoms with Gasteiger partial charge in [0.1, 0.15) is 0 Å². The molecule has 2 nitrogen and oxygen atoms in total. The average molecular weight is 195 g/mol. The Bertz CT molecular complexity index is 218. The van der Waals surface area contributed by atoms with Crippen LogP contribution in [0.25, 0.3) is 0 Å². The van der Waals surface area contributed by atoms with Gasteiger partial charge in [0.2, 0.25) is 0 Å². The first-order chi connectivity index (χ1) is 6.86. The van der Waals surface area contributed by atoms with Gasteiger partial charge in [0, 0.05) is 12.0 Å². The van der Waals surface area contributed by atoms with E-state index < -0.39 is 0 Å². The SMILES string of the molecule is OC1CCCC1C1NCC2CCCC21. The van der Waals surface area contributed by atoms with Crippen LogP contribution >= 0.6 is 0 Å². The average Bonchev–Trinajstić information content (AvgIpc) is 2.78. The van der Waals surface area contributed by atoms with E-state index in [1.165, 1.54) is 38.6 Å². The van der Waals surface area contributed by atoms with Crippen LogP contribution in [0.3, 0.4) is 0 Å². The predicted octanol–water partition coefficient (Wildman–Crippen LogP) is 1.54. The standard InChI is InChI=1S/C12H21NO/c14-11-6-2-5-10(11)12-9-4-1-3-8(9)7-13-12/h8-14H,1-7H2. The van der Waals surface area contributed by atoms with Crippen molar-refractivity contribution in [3.05, 3.63) is 0 Å². The number of hydrogen-bond donors (Lipinski definition) is 2. The maximum absolute atomic E-state index is 9.93. The molecule has 0 spiro atoms. The fraction of sp³-hybridized carbons (Fsp3) is 1.00. The number of fused-ring (bicyclic) bond motifs is 1. The van der Waals surface area contributed by atoms with Crippen molar-refractivity contribution in [3.63, 3.8) is 0 Å². The van der Waals surface area contributed by atoms with Gasteiger partial charge in [-0.3, -0.25) is 0 Å². The molecule has 0 bridgehead atoms. The minimum absolute atomic E-state index is 0.00755. The summed E-state index contributed by atoms with van der Waals surface area (Å²) >= 11 is 0. The second-order valence-electron chi connectivity index (χ2n) is 5.45. The summed E-state index contributed by atoms with van der Waals surface area (Å²) in [5, 5.41) is 13.6. The smallest absolute Gasteiger partial charge is 0.0583 e. The van der Waals surface area contributed by atoms with Crippen molar-refractivity contribution >= 4 is 0 Å². The van der Waals surface area contributed by atoms with Gasteiger partial charge in [-0.2, -0.15) is 0 Å². The molecule has 14 heavy (non-hydrogen) atoms. The molecule has 0 amide bonds. The van der Waals surface area contributed by atoms with Gasteiger partial charge in [0.15, 0.2) is 0 Å². The molecule has 0 radical (unpaired) electrons. The molecule has 0 aromatic rings. The monoisotopic (exact) mass is 195 g/mol. The largest absolute Gasteiger partial charge is 0.393 e. The van der Waals surface area contributed by atoms with Crippen molar-refractivity contribution < 1.29 is 5.11 Å². The molecule has 5 atom stereocenters. The fourth-order valence-electron chi connectivity index (χ4n) is 4.09. The van der Waals surface area contributed by atoms with Crippen molar-refractivity contribution in [1.29, 1.82) is 0 Å². The fourth-order valence-corrected chi connectivity index (χ4v) is 4.09. The molecule has 0 aromatic carbocycles. The third-order valence-electron chi connectivity index (χ3n) is 4.79. The van der Waals surface area contributed by atoms with Crippen molar-refractivity contribution in [3.8, 4) is 0 Å². The van der Waals surface area contributed by atoms with E-state index in [9.17, 15) is 5.11 Å². The molecule has 2 aliphatic carbocycles. The quantitative estimate of drug-likeness (QED) is 0.665. The van der Waals surface area contributed by atoms with Crippen molar-refractivity contribution in [1.82, 2.24) is 5.32 Å². The lowest BCUT2D eigenvalue weighted by Crippen LogP contribution is -2.38. The minimum atomic E-state index is -0.00755. The Morgan fingerprint density at radius 2 is 1.71 bits per heavy atom. The maximum Gasteiger partial charge on any atom is 0.0583 e. The second-order valence-corrected chi connectivity index (χ2v) is 5.45. The van der Waals surface area contributed by atoms with Gasteiger partial charge >= 0.3 is 0 Å². The van der Waals surface area contributed by atoms with Gasteiger partial charge in [0.25, 0.3) is 0 Å². The van der Waals surface area contributed by atoms with Crippen LogP contribution in [-0.4, -0.2) is 23.8 Å². The highest BCUT2D eigenvalue weighted by atomic mass is 16.3. The summed E-state index contributed by atoms with van der Waals surface area (Å²) in [4.78, 5) is 0. The zero-order valence-electron chi connectivity index (χ0n) is 8.78. The van der Waals surface area contributed by atoms with Crippen LogP contribution in [0.15, 0.2) is 0 Å². The summed E-state index contributed by atoms with van der Waals surface area (Å²) in [5.74, 6) is 2.41. The molecule has 3 fully saturated rings. The van der Waals surface area contributed by atoms with Crippen LogP contribution in [0.5, 0.6) is 0 Å². The highest BCUT2D eigenvalue weighted by Gasteiger charge is 2.45. The van der Waals surface area contributed by atoms with Crippen LogP contribution in [0.2, 0.25) is 0 Å². The number of aliphatic hydroxyl groups excluding tert-OH is 1. The van der Waals surface area contributed by atoms with Crippen molar-refractivity contribution in [2.45, 2.75) is 50.7 Å². The van der Waals surface area contributed by atoms with E-state index in [1.54, 1.807) is 0 Å². The van der Waals surface area contributed by atoms with Crippen molar-refractivity contribution in [2.24, 2.45) is 17.8 Å². The van der Waals surface area contributed by atoms with E-state index in [0.29, 0.717) is 12.0 Å². The molecule has 2 heteroatoms. The lowest BCUT2D eigenvalue weighted by atomic mass is 9.84. The van der Waals surface area contributed by atoms with Gasteiger partial charge in [-0.05, 0) is 44.1 Å². The molecule has 2 N–H and O–H groups in total. The van der Waals surface area contributed by atoms with Gasteiger partial charge in [-0.15, -0.1) is 0 Å². The molecular formula is C12H21NO. The Balaban J connectivity index is 1.72. The van der Waals surface area contributed by atoms with E-state index >= 15 is 0 Å². The van der Waals surface area contributed by atoms with Gasteiger partial charge in [-0.25, -0.2) is 0 Å². The lowest BCUT2D eigenvalue weighted by molar-refractivity contribution is 0.101. The van der Waals surface area contributed by atoms with Gasteiger partial charge in [0.05, 0.1) is 6.10 Å². The first-order valence-electron chi connectivity index (χ1n) is 6.28. The zero-order chi connectivity index (χ0) is 9.54.